The van der Waals surface area contributed by atoms with Gasteiger partial charge in [0.25, 0.3) is 0 Å². The van der Waals surface area contributed by atoms with Crippen molar-refractivity contribution in [2.75, 3.05) is 30.5 Å². The van der Waals surface area contributed by atoms with E-state index in [9.17, 15) is 8.78 Å². The summed E-state index contributed by atoms with van der Waals surface area (Å²) < 4.78 is 29.3. The monoisotopic (exact) mass is 581 g/mol. The van der Waals surface area contributed by atoms with Gasteiger partial charge in [-0.25, -0.2) is 13.8 Å². The Morgan fingerprint density at radius 1 is 1.23 bits per heavy atom. The Bertz CT molecular complexity index is 1070. The second kappa shape index (κ2) is 21.7. The van der Waals surface area contributed by atoms with Gasteiger partial charge in [-0.05, 0) is 76.5 Å². The van der Waals surface area contributed by atoms with Crippen LogP contribution in [-0.2, 0) is 0 Å². The number of aromatic nitrogens is 2. The highest BCUT2D eigenvalue weighted by atomic mass is 32.1. The van der Waals surface area contributed by atoms with E-state index >= 15 is 0 Å². The van der Waals surface area contributed by atoms with E-state index < -0.39 is 11.6 Å². The Morgan fingerprint density at radius 3 is 2.33 bits per heavy atom. The van der Waals surface area contributed by atoms with Crippen LogP contribution in [0.1, 0.15) is 71.4 Å². The van der Waals surface area contributed by atoms with Gasteiger partial charge < -0.3 is 15.4 Å². The second-order valence-electron chi connectivity index (χ2n) is 9.18. The Morgan fingerprint density at radius 2 is 1.90 bits per heavy atom. The minimum absolute atomic E-state index is 0.0324. The Hall–Kier alpha value is -2.07. The molecule has 1 aliphatic heterocycles. The molecule has 1 saturated heterocycles. The van der Waals surface area contributed by atoms with Crippen LogP contribution < -0.4 is 15.4 Å². The molecule has 220 valence electrons. The first-order valence-corrected chi connectivity index (χ1v) is 14.5. The number of anilines is 1. The number of unbranched alkanes of at least 4 members (excludes halogenated alkanes) is 1. The average molecular weight is 582 g/mol. The summed E-state index contributed by atoms with van der Waals surface area (Å²) in [6, 6.07) is 6.54. The van der Waals surface area contributed by atoms with Gasteiger partial charge in [-0.1, -0.05) is 78.8 Å². The minimum Gasteiger partial charge on any atom is -0.330 e. The first-order valence-electron chi connectivity index (χ1n) is 13.7. The van der Waals surface area contributed by atoms with Crippen molar-refractivity contribution in [3.8, 4) is 0 Å². The Kier molecular flexibility index (Phi) is 20.6. The molecule has 3 aromatic rings. The molecule has 9 heteroatoms. The molecule has 0 radical (unpaired) electrons. The number of hydrogen-bond acceptors (Lipinski definition) is 6. The van der Waals surface area contributed by atoms with E-state index in [1.165, 1.54) is 62.1 Å². The summed E-state index contributed by atoms with van der Waals surface area (Å²) in [4.78, 5) is 4.19. The van der Waals surface area contributed by atoms with Crippen molar-refractivity contribution in [3.05, 3.63) is 66.0 Å². The van der Waals surface area contributed by atoms with Gasteiger partial charge in [0.2, 0.25) is 0 Å². The number of hydrogen-bond donors (Lipinski definition) is 4. The summed E-state index contributed by atoms with van der Waals surface area (Å²) in [6.45, 7) is 19.5. The highest BCUT2D eigenvalue weighted by Crippen LogP contribution is 2.25. The van der Waals surface area contributed by atoms with E-state index in [1.54, 1.807) is 16.2 Å². The van der Waals surface area contributed by atoms with Gasteiger partial charge in [0.15, 0.2) is 5.82 Å². The summed E-state index contributed by atoms with van der Waals surface area (Å²) in [6.07, 6.45) is 10.5. The van der Waals surface area contributed by atoms with Crippen LogP contribution in [0.4, 0.5) is 14.5 Å². The quantitative estimate of drug-likeness (QED) is 0.230. The standard InChI is InChI=1S/C9H11F2NS.C9H8N2S.C5H11N.C4H11N.C3H8/c1-3-12(13)8-5-4-7(10)6(2)9(8)11;1-2-7-6-11(12)9-8(7)4-3-5-10-9;1-5-2-3-6-4-5;1-2-3-4-5;1-3-2/h4-5,13H,3H2,1-2H3;2-6,12H,1H2;5-6H,2-4H2,1H3;2-5H2,1H3;3H2,1-2H3. The molecule has 3 heterocycles. The van der Waals surface area contributed by atoms with E-state index in [0.717, 1.165) is 29.1 Å². The van der Waals surface area contributed by atoms with Crippen LogP contribution >= 0.6 is 25.6 Å². The number of nitrogens with two attached hydrogens (primary N) is 1. The summed E-state index contributed by atoms with van der Waals surface area (Å²) >= 11 is 8.27. The predicted molar refractivity (Wildman–Crippen MR) is 174 cm³/mol. The van der Waals surface area contributed by atoms with Gasteiger partial charge in [-0.2, -0.15) is 0 Å². The zero-order chi connectivity index (χ0) is 29.8. The number of halogens is 2. The van der Waals surface area contributed by atoms with Gasteiger partial charge in [-0.15, -0.1) is 0 Å². The van der Waals surface area contributed by atoms with E-state index in [0.29, 0.717) is 12.2 Å². The van der Waals surface area contributed by atoms with Crippen LogP contribution in [0.15, 0.2) is 43.2 Å². The van der Waals surface area contributed by atoms with Crippen LogP contribution in [0, 0.1) is 24.5 Å². The molecular weight excluding hydrogens is 532 g/mol. The zero-order valence-corrected chi connectivity index (χ0v) is 26.3. The molecule has 0 spiro atoms. The van der Waals surface area contributed by atoms with Crippen molar-refractivity contribution in [1.82, 2.24) is 14.3 Å². The van der Waals surface area contributed by atoms with Crippen LogP contribution in [0.2, 0.25) is 0 Å². The maximum atomic E-state index is 13.4. The summed E-state index contributed by atoms with van der Waals surface area (Å²) in [5, 5.41) is 4.36. The molecule has 2 aromatic heterocycles. The fraction of sp³-hybridized carbons (Fsp3) is 0.500. The van der Waals surface area contributed by atoms with Crippen LogP contribution in [0.25, 0.3) is 17.1 Å². The lowest BCUT2D eigenvalue weighted by molar-refractivity contribution is 0.569. The van der Waals surface area contributed by atoms with Gasteiger partial charge in [-0.3, -0.25) is 3.97 Å². The van der Waals surface area contributed by atoms with Crippen molar-refractivity contribution in [2.24, 2.45) is 11.7 Å². The van der Waals surface area contributed by atoms with Crippen molar-refractivity contribution >= 4 is 48.4 Å². The molecule has 5 nitrogen and oxygen atoms in total. The molecule has 1 aromatic carbocycles. The van der Waals surface area contributed by atoms with Crippen LogP contribution in [0.5, 0.6) is 0 Å². The summed E-state index contributed by atoms with van der Waals surface area (Å²) in [5.41, 5.74) is 7.42. The molecule has 1 unspecified atom stereocenters. The van der Waals surface area contributed by atoms with Crippen molar-refractivity contribution in [2.45, 2.75) is 67.2 Å². The first-order chi connectivity index (χ1) is 18.6. The Balaban J connectivity index is 0.000000508. The fourth-order valence-corrected chi connectivity index (χ4v) is 3.69. The third-order valence-corrected chi connectivity index (χ3v) is 6.34. The SMILES string of the molecule is C=Cc1cn(S)c2ncccc12.CC1CCNC1.CCC.CCCCN.CCN(S)c1ccc(F)c(C)c1F. The first kappa shape index (κ1) is 36.9. The van der Waals surface area contributed by atoms with Crippen molar-refractivity contribution in [1.29, 1.82) is 0 Å². The molecule has 0 bridgehead atoms. The summed E-state index contributed by atoms with van der Waals surface area (Å²) in [5.74, 6) is -0.138. The van der Waals surface area contributed by atoms with E-state index in [2.05, 4.69) is 70.2 Å². The number of fused-ring (bicyclic) bond motifs is 1. The molecular formula is C30H49F2N5S2. The minimum atomic E-state index is -0.545. The van der Waals surface area contributed by atoms with E-state index in [1.807, 2.05) is 25.3 Å². The summed E-state index contributed by atoms with van der Waals surface area (Å²) in [7, 11) is 0. The van der Waals surface area contributed by atoms with Crippen molar-refractivity contribution in [3.63, 3.8) is 0 Å². The highest BCUT2D eigenvalue weighted by Gasteiger charge is 2.12. The lowest BCUT2D eigenvalue weighted by atomic mass is 10.2. The molecule has 1 atom stereocenters. The largest absolute Gasteiger partial charge is 0.330 e. The number of nitrogens with zero attached hydrogens (tertiary/aromatic N) is 3. The molecule has 0 saturated carbocycles. The van der Waals surface area contributed by atoms with Gasteiger partial charge in [0.1, 0.15) is 11.5 Å². The van der Waals surface area contributed by atoms with E-state index in [-0.39, 0.29) is 5.56 Å². The smallest absolute Gasteiger partial charge is 0.153 e. The predicted octanol–water partition coefficient (Wildman–Crippen LogP) is 8.09. The molecule has 4 rings (SSSR count). The number of benzene rings is 1. The highest BCUT2D eigenvalue weighted by molar-refractivity contribution is 7.81. The zero-order valence-electron chi connectivity index (χ0n) is 24.6. The number of pyridine rings is 1. The lowest BCUT2D eigenvalue weighted by Crippen LogP contribution is -2.11. The topological polar surface area (TPSA) is 59.1 Å². The second-order valence-corrected chi connectivity index (χ2v) is 10.1. The molecule has 0 amide bonds. The maximum absolute atomic E-state index is 13.4. The maximum Gasteiger partial charge on any atom is 0.153 e. The van der Waals surface area contributed by atoms with Gasteiger partial charge >= 0.3 is 0 Å². The number of nitrogens with one attached hydrogen (secondary N) is 1. The molecule has 1 aliphatic rings. The van der Waals surface area contributed by atoms with Crippen molar-refractivity contribution < 1.29 is 8.78 Å². The lowest BCUT2D eigenvalue weighted by Gasteiger charge is -2.16. The van der Waals surface area contributed by atoms with E-state index in [4.69, 9.17) is 5.73 Å². The molecule has 1 fully saturated rings. The number of thiol groups is 2. The fourth-order valence-electron chi connectivity index (χ4n) is 3.25. The molecule has 0 aliphatic carbocycles. The van der Waals surface area contributed by atoms with Gasteiger partial charge in [0, 0.05) is 35.5 Å². The third-order valence-electron chi connectivity index (χ3n) is 5.54. The van der Waals surface area contributed by atoms with Gasteiger partial charge in [0.05, 0.1) is 5.69 Å². The molecule has 3 N–H and O–H groups in total. The normalized spacial score (nSPS) is 13.5. The third kappa shape index (κ3) is 13.7. The van der Waals surface area contributed by atoms with Crippen LogP contribution in [0.3, 0.4) is 0 Å². The average Bonchev–Trinajstić information content (AvgIpc) is 3.55. The van der Waals surface area contributed by atoms with Crippen LogP contribution in [-0.4, -0.2) is 35.1 Å². The number of rotatable bonds is 5. The Labute approximate surface area is 246 Å². The molecule has 39 heavy (non-hydrogen) atoms.